The zero-order valence-electron chi connectivity index (χ0n) is 22.6. The Morgan fingerprint density at radius 3 is 2.58 bits per heavy atom. The largest absolute Gasteiger partial charge is 0.405 e. The molecular weight excluding hydrogens is 519 g/mol. The summed E-state index contributed by atoms with van der Waals surface area (Å²) in [6.07, 6.45) is 3.27. The van der Waals surface area contributed by atoms with Crippen molar-refractivity contribution in [3.8, 4) is 0 Å². The molecule has 3 aliphatic rings. The van der Waals surface area contributed by atoms with E-state index in [0.717, 1.165) is 46.8 Å². The number of likely N-dealkylation sites (N-methyl/N-ethyl adjacent to an activating group) is 1. The van der Waals surface area contributed by atoms with Crippen molar-refractivity contribution in [1.29, 1.82) is 0 Å². The minimum atomic E-state index is -4.46. The number of halogens is 3. The molecule has 1 amide bonds. The van der Waals surface area contributed by atoms with Crippen LogP contribution in [0.15, 0.2) is 65.5 Å². The molecule has 10 heteroatoms. The van der Waals surface area contributed by atoms with E-state index in [1.165, 1.54) is 38.4 Å². The Bertz CT molecular complexity index is 1300. The van der Waals surface area contributed by atoms with Crippen molar-refractivity contribution in [2.45, 2.75) is 32.0 Å². The lowest BCUT2D eigenvalue weighted by molar-refractivity contribution is -0.123. The normalized spacial score (nSPS) is 18.2. The van der Waals surface area contributed by atoms with E-state index >= 15 is 0 Å². The monoisotopic (exact) mass is 553 g/mol. The highest BCUT2D eigenvalue weighted by Gasteiger charge is 2.30. The fraction of sp³-hybridized carbons (Fsp3) is 0.400. The molecular formula is C30H34F3N5O2. The molecule has 3 aliphatic heterocycles. The highest BCUT2D eigenvalue weighted by Crippen LogP contribution is 2.35. The molecule has 0 unspecified atom stereocenters. The zero-order valence-corrected chi connectivity index (χ0v) is 22.6. The number of carbonyl (C=O) groups excluding carboxylic acids is 1. The average molecular weight is 554 g/mol. The van der Waals surface area contributed by atoms with Gasteiger partial charge in [-0.2, -0.15) is 13.2 Å². The second-order valence-electron chi connectivity index (χ2n) is 10.3. The van der Waals surface area contributed by atoms with Crippen molar-refractivity contribution in [2.24, 2.45) is 4.99 Å². The Labute approximate surface area is 232 Å². The molecule has 0 atom stereocenters. The molecule has 1 saturated heterocycles. The van der Waals surface area contributed by atoms with E-state index in [1.54, 1.807) is 12.1 Å². The summed E-state index contributed by atoms with van der Waals surface area (Å²) in [4.78, 5) is 19.5. The number of nitrogens with one attached hydrogen (secondary N) is 1. The lowest BCUT2D eigenvalue weighted by Gasteiger charge is -2.26. The zero-order chi connectivity index (χ0) is 28.1. The number of carbonyl (C=O) groups is 1. The topological polar surface area (TPSA) is 60.4 Å². The van der Waals surface area contributed by atoms with Crippen molar-refractivity contribution in [3.05, 3.63) is 82.8 Å². The maximum absolute atomic E-state index is 12.5. The molecule has 7 nitrogen and oxygen atoms in total. The van der Waals surface area contributed by atoms with Crippen molar-refractivity contribution >= 4 is 23.3 Å². The molecule has 0 saturated carbocycles. The summed E-state index contributed by atoms with van der Waals surface area (Å²) in [7, 11) is 1.94. The van der Waals surface area contributed by atoms with Gasteiger partial charge in [0.1, 0.15) is 6.54 Å². The molecule has 0 spiro atoms. The Balaban J connectivity index is 1.22. The van der Waals surface area contributed by atoms with Gasteiger partial charge in [-0.3, -0.25) is 9.80 Å². The lowest BCUT2D eigenvalue weighted by atomic mass is 10.0. The molecule has 40 heavy (non-hydrogen) atoms. The van der Waals surface area contributed by atoms with E-state index in [2.05, 4.69) is 29.2 Å². The average Bonchev–Trinajstić information content (AvgIpc) is 3.30. The summed E-state index contributed by atoms with van der Waals surface area (Å²) in [5.74, 6) is -0.0454. The van der Waals surface area contributed by atoms with Crippen molar-refractivity contribution in [3.63, 3.8) is 0 Å². The quantitative estimate of drug-likeness (QED) is 0.446. The maximum atomic E-state index is 12.5. The van der Waals surface area contributed by atoms with Crippen LogP contribution in [-0.2, 0) is 11.3 Å². The van der Waals surface area contributed by atoms with Gasteiger partial charge >= 0.3 is 6.18 Å². The molecule has 5 rings (SSSR count). The van der Waals surface area contributed by atoms with E-state index in [0.29, 0.717) is 13.2 Å². The number of fused-ring (bicyclic) bond motifs is 1. The van der Waals surface area contributed by atoms with Crippen LogP contribution in [0.3, 0.4) is 0 Å². The van der Waals surface area contributed by atoms with Gasteiger partial charge in [-0.25, -0.2) is 10.0 Å². The highest BCUT2D eigenvalue weighted by molar-refractivity contribution is 6.11. The lowest BCUT2D eigenvalue weighted by Crippen LogP contribution is -2.33. The van der Waals surface area contributed by atoms with E-state index in [1.807, 2.05) is 40.9 Å². The van der Waals surface area contributed by atoms with E-state index in [4.69, 9.17) is 9.73 Å². The first-order valence-electron chi connectivity index (χ1n) is 13.6. The molecule has 0 radical (unpaired) electrons. The summed E-state index contributed by atoms with van der Waals surface area (Å²) >= 11 is 0. The van der Waals surface area contributed by atoms with E-state index in [-0.39, 0.29) is 5.56 Å². The molecule has 0 bridgehead atoms. The van der Waals surface area contributed by atoms with Gasteiger partial charge < -0.3 is 15.0 Å². The van der Waals surface area contributed by atoms with E-state index in [9.17, 15) is 18.0 Å². The van der Waals surface area contributed by atoms with Gasteiger partial charge in [0.25, 0.3) is 5.91 Å². The van der Waals surface area contributed by atoms with Gasteiger partial charge in [-0.05, 0) is 54.8 Å². The summed E-state index contributed by atoms with van der Waals surface area (Å²) in [5.41, 5.74) is 4.90. The number of hydrazine groups is 1. The molecule has 2 aromatic rings. The highest BCUT2D eigenvalue weighted by atomic mass is 19.4. The smallest absolute Gasteiger partial charge is 0.375 e. The van der Waals surface area contributed by atoms with Gasteiger partial charge in [-0.15, -0.1) is 0 Å². The van der Waals surface area contributed by atoms with Crippen molar-refractivity contribution in [1.82, 2.24) is 20.2 Å². The number of hydrogen-bond acceptors (Lipinski definition) is 6. The van der Waals surface area contributed by atoms with Crippen LogP contribution in [-0.4, -0.2) is 79.6 Å². The fourth-order valence-electron chi connectivity index (χ4n) is 5.13. The Hall–Kier alpha value is -3.47. The molecule has 0 aliphatic carbocycles. The predicted molar refractivity (Wildman–Crippen MR) is 149 cm³/mol. The van der Waals surface area contributed by atoms with Crippen LogP contribution >= 0.6 is 0 Å². The third kappa shape index (κ3) is 6.99. The van der Waals surface area contributed by atoms with Crippen LogP contribution in [0, 0.1) is 0 Å². The third-order valence-corrected chi connectivity index (χ3v) is 7.31. The SMILES string of the molecule is CN1CC(c2cccc(C(=O)NCC(F)(F)F)c2)=C2N=CC(c3ccc(COCCN4CCCCC4)cc3)=CN21. The standard InChI is InChI=1S/C30H34F3N5O2/c1-36-19-27(24-6-5-7-25(16-24)29(39)35-21-30(31,32)33)28-34-17-26(18-38(28)36)23-10-8-22(9-11-23)20-40-15-14-37-12-3-2-4-13-37/h5-11,16-18H,2-4,12-15,19-21H2,1H3,(H,35,39). The van der Waals surface area contributed by atoms with Crippen molar-refractivity contribution in [2.75, 3.05) is 46.4 Å². The first-order valence-corrected chi connectivity index (χ1v) is 13.6. The number of benzene rings is 2. The first kappa shape index (κ1) is 28.1. The number of allylic oxidation sites excluding steroid dienone is 1. The molecule has 1 N–H and O–H groups in total. The van der Waals surface area contributed by atoms with Crippen LogP contribution in [0.25, 0.3) is 11.1 Å². The Morgan fingerprint density at radius 1 is 1.05 bits per heavy atom. The number of piperidine rings is 1. The van der Waals surface area contributed by atoms with Crippen LogP contribution in [0.4, 0.5) is 13.2 Å². The summed E-state index contributed by atoms with van der Waals surface area (Å²) in [6, 6.07) is 14.9. The van der Waals surface area contributed by atoms with Crippen molar-refractivity contribution < 1.29 is 22.7 Å². The molecule has 3 heterocycles. The molecule has 212 valence electrons. The summed E-state index contributed by atoms with van der Waals surface area (Å²) in [6.45, 7) is 3.82. The predicted octanol–water partition coefficient (Wildman–Crippen LogP) is 4.94. The summed E-state index contributed by atoms with van der Waals surface area (Å²) < 4.78 is 43.5. The van der Waals surface area contributed by atoms with Crippen LogP contribution in [0.1, 0.15) is 46.3 Å². The van der Waals surface area contributed by atoms with E-state index < -0.39 is 18.6 Å². The van der Waals surface area contributed by atoms with Gasteiger partial charge in [-0.1, -0.05) is 42.8 Å². The second kappa shape index (κ2) is 12.4. The fourth-order valence-corrected chi connectivity index (χ4v) is 5.13. The number of likely N-dealkylation sites (tertiary alicyclic amines) is 1. The number of amides is 1. The number of nitrogens with zero attached hydrogens (tertiary/aromatic N) is 4. The first-order chi connectivity index (χ1) is 19.3. The number of alkyl halides is 3. The third-order valence-electron chi connectivity index (χ3n) is 7.31. The Kier molecular flexibility index (Phi) is 8.68. The number of rotatable bonds is 9. The molecule has 0 aromatic heterocycles. The molecule has 1 fully saturated rings. The van der Waals surface area contributed by atoms with Crippen LogP contribution < -0.4 is 5.32 Å². The van der Waals surface area contributed by atoms with Crippen LogP contribution in [0.2, 0.25) is 0 Å². The number of aliphatic imine (C=N–C) groups is 1. The van der Waals surface area contributed by atoms with Gasteiger partial charge in [0.05, 0.1) is 13.2 Å². The van der Waals surface area contributed by atoms with Gasteiger partial charge in [0, 0.05) is 49.3 Å². The summed E-state index contributed by atoms with van der Waals surface area (Å²) in [5, 5.41) is 5.89. The minimum Gasteiger partial charge on any atom is -0.375 e. The van der Waals surface area contributed by atoms with Gasteiger partial charge in [0.15, 0.2) is 5.82 Å². The van der Waals surface area contributed by atoms with Gasteiger partial charge in [0.2, 0.25) is 0 Å². The minimum absolute atomic E-state index is 0.169. The maximum Gasteiger partial charge on any atom is 0.405 e. The van der Waals surface area contributed by atoms with Crippen LogP contribution in [0.5, 0.6) is 0 Å². The number of ether oxygens (including phenoxy) is 1. The molecule has 2 aromatic carbocycles. The second-order valence-corrected chi connectivity index (χ2v) is 10.3. The Morgan fingerprint density at radius 2 is 1.82 bits per heavy atom. The number of hydrogen-bond donors (Lipinski definition) is 1.